The van der Waals surface area contributed by atoms with Crippen molar-refractivity contribution in [2.24, 2.45) is 0 Å². The van der Waals surface area contributed by atoms with Crippen LogP contribution < -0.4 is 16.6 Å². The van der Waals surface area contributed by atoms with Gasteiger partial charge in [0.15, 0.2) is 0 Å². The first-order valence-corrected chi connectivity index (χ1v) is 5.86. The van der Waals surface area contributed by atoms with Crippen LogP contribution in [0.15, 0.2) is 15.7 Å². The average molecular weight is 255 g/mol. The van der Waals surface area contributed by atoms with Crippen LogP contribution in [0.3, 0.4) is 0 Å². The molecule has 4 N–H and O–H groups in total. The first-order chi connectivity index (χ1) is 8.63. The smallest absolute Gasteiger partial charge is 0.326 e. The molecule has 0 aliphatic carbocycles. The zero-order valence-electron chi connectivity index (χ0n) is 9.99. The molecule has 1 heterocycles. The molecule has 0 aliphatic heterocycles. The minimum Gasteiger partial charge on any atom is -0.396 e. The number of carbonyl (C=O) groups excluding carboxylic acids is 1. The van der Waals surface area contributed by atoms with Gasteiger partial charge < -0.3 is 15.4 Å². The van der Waals surface area contributed by atoms with E-state index in [4.69, 9.17) is 5.11 Å². The number of aromatic amines is 2. The topological polar surface area (TPSA) is 115 Å². The van der Waals surface area contributed by atoms with Crippen molar-refractivity contribution in [2.45, 2.75) is 25.7 Å². The highest BCUT2D eigenvalue weighted by molar-refractivity contribution is 5.91. The summed E-state index contributed by atoms with van der Waals surface area (Å²) in [7, 11) is 0. The summed E-state index contributed by atoms with van der Waals surface area (Å²) >= 11 is 0. The van der Waals surface area contributed by atoms with Crippen molar-refractivity contribution < 1.29 is 9.90 Å². The van der Waals surface area contributed by atoms with Crippen LogP contribution >= 0.6 is 0 Å². The maximum absolute atomic E-state index is 11.6. The van der Waals surface area contributed by atoms with Gasteiger partial charge in [-0.15, -0.1) is 0 Å². The van der Waals surface area contributed by atoms with Crippen LogP contribution in [0.25, 0.3) is 0 Å². The molecule has 1 rings (SSSR count). The Morgan fingerprint density at radius 1 is 1.17 bits per heavy atom. The molecule has 18 heavy (non-hydrogen) atoms. The fraction of sp³-hybridized carbons (Fsp3) is 0.545. The highest BCUT2D eigenvalue weighted by Crippen LogP contribution is 1.97. The third-order valence-electron chi connectivity index (χ3n) is 2.38. The van der Waals surface area contributed by atoms with Crippen molar-refractivity contribution in [3.63, 3.8) is 0 Å². The Hall–Kier alpha value is -1.89. The molecule has 7 nitrogen and oxygen atoms in total. The van der Waals surface area contributed by atoms with E-state index in [9.17, 15) is 14.4 Å². The predicted octanol–water partition coefficient (Wildman–Crippen LogP) is -0.654. The molecular weight excluding hydrogens is 238 g/mol. The fourth-order valence-corrected chi connectivity index (χ4v) is 1.48. The molecular formula is C11H17N3O4. The van der Waals surface area contributed by atoms with Crippen LogP contribution in [0.4, 0.5) is 0 Å². The second kappa shape index (κ2) is 7.44. The van der Waals surface area contributed by atoms with E-state index in [-0.39, 0.29) is 12.3 Å². The number of aliphatic hydroxyl groups is 1. The molecule has 0 aromatic carbocycles. The lowest BCUT2D eigenvalue weighted by Gasteiger charge is -2.04. The number of aromatic nitrogens is 2. The van der Waals surface area contributed by atoms with Crippen LogP contribution in [0.5, 0.6) is 0 Å². The van der Waals surface area contributed by atoms with E-state index < -0.39 is 17.2 Å². The van der Waals surface area contributed by atoms with Crippen LogP contribution in [0, 0.1) is 0 Å². The van der Waals surface area contributed by atoms with Gasteiger partial charge in [0.1, 0.15) is 5.69 Å². The van der Waals surface area contributed by atoms with Gasteiger partial charge in [-0.2, -0.15) is 0 Å². The van der Waals surface area contributed by atoms with E-state index in [0.717, 1.165) is 31.7 Å². The first kappa shape index (κ1) is 14.2. The summed E-state index contributed by atoms with van der Waals surface area (Å²) in [5.74, 6) is -0.472. The second-order valence-electron chi connectivity index (χ2n) is 3.90. The molecule has 0 aliphatic rings. The van der Waals surface area contributed by atoms with Gasteiger partial charge in [-0.1, -0.05) is 12.8 Å². The molecule has 0 unspecified atom stereocenters. The van der Waals surface area contributed by atoms with Crippen molar-refractivity contribution >= 4 is 5.91 Å². The number of amides is 1. The molecule has 7 heteroatoms. The Morgan fingerprint density at radius 2 is 1.89 bits per heavy atom. The van der Waals surface area contributed by atoms with Gasteiger partial charge in [-0.3, -0.25) is 14.6 Å². The molecule has 100 valence electrons. The Bertz CT molecular complexity index is 463. The van der Waals surface area contributed by atoms with Gasteiger partial charge >= 0.3 is 5.69 Å². The van der Waals surface area contributed by atoms with Crippen LogP contribution in [-0.4, -0.2) is 34.1 Å². The number of hydrogen-bond donors (Lipinski definition) is 4. The van der Waals surface area contributed by atoms with Gasteiger partial charge in [0.05, 0.1) is 0 Å². The van der Waals surface area contributed by atoms with Crippen molar-refractivity contribution in [1.82, 2.24) is 15.3 Å². The summed E-state index contributed by atoms with van der Waals surface area (Å²) in [5, 5.41) is 11.2. The lowest BCUT2D eigenvalue weighted by atomic mass is 10.2. The second-order valence-corrected chi connectivity index (χ2v) is 3.90. The molecule has 0 atom stereocenters. The van der Waals surface area contributed by atoms with E-state index in [0.29, 0.717) is 6.54 Å². The minimum atomic E-state index is -0.699. The van der Waals surface area contributed by atoms with Crippen molar-refractivity contribution in [2.75, 3.05) is 13.2 Å². The third kappa shape index (κ3) is 4.96. The van der Waals surface area contributed by atoms with Crippen molar-refractivity contribution in [3.05, 3.63) is 32.6 Å². The van der Waals surface area contributed by atoms with E-state index in [1.54, 1.807) is 0 Å². The number of unbranched alkanes of at least 4 members (excludes halogenated alkanes) is 3. The first-order valence-electron chi connectivity index (χ1n) is 5.86. The summed E-state index contributed by atoms with van der Waals surface area (Å²) in [4.78, 5) is 37.7. The summed E-state index contributed by atoms with van der Waals surface area (Å²) in [6.07, 6.45) is 3.37. The van der Waals surface area contributed by atoms with E-state index in [2.05, 4.69) is 10.3 Å². The zero-order chi connectivity index (χ0) is 13.4. The van der Waals surface area contributed by atoms with Gasteiger partial charge in [-0.25, -0.2) is 4.79 Å². The number of carbonyl (C=O) groups is 1. The van der Waals surface area contributed by atoms with Gasteiger partial charge in [0.25, 0.3) is 11.5 Å². The average Bonchev–Trinajstić information content (AvgIpc) is 2.32. The van der Waals surface area contributed by atoms with Crippen LogP contribution in [0.2, 0.25) is 0 Å². The van der Waals surface area contributed by atoms with Crippen molar-refractivity contribution in [1.29, 1.82) is 0 Å². The molecule has 0 bridgehead atoms. The summed E-state index contributed by atoms with van der Waals surface area (Å²) in [6.45, 7) is 0.652. The third-order valence-corrected chi connectivity index (χ3v) is 2.38. The van der Waals surface area contributed by atoms with E-state index in [1.807, 2.05) is 4.98 Å². The lowest BCUT2D eigenvalue weighted by Crippen LogP contribution is -2.31. The molecule has 1 aromatic heterocycles. The fourth-order valence-electron chi connectivity index (χ4n) is 1.48. The van der Waals surface area contributed by atoms with Crippen LogP contribution in [-0.2, 0) is 0 Å². The number of rotatable bonds is 7. The van der Waals surface area contributed by atoms with Crippen LogP contribution in [0.1, 0.15) is 36.2 Å². The molecule has 0 fully saturated rings. The summed E-state index contributed by atoms with van der Waals surface area (Å²) in [5.41, 5.74) is -1.35. The van der Waals surface area contributed by atoms with Gasteiger partial charge in [0, 0.05) is 19.2 Å². The zero-order valence-corrected chi connectivity index (χ0v) is 9.99. The lowest BCUT2D eigenvalue weighted by molar-refractivity contribution is 0.0947. The molecule has 0 radical (unpaired) electrons. The maximum Gasteiger partial charge on any atom is 0.326 e. The number of aliphatic hydroxyl groups excluding tert-OH is 1. The minimum absolute atomic E-state index is 0.0425. The predicted molar refractivity (Wildman–Crippen MR) is 65.6 cm³/mol. The molecule has 0 saturated heterocycles. The van der Waals surface area contributed by atoms with Gasteiger partial charge in [-0.05, 0) is 12.8 Å². The highest BCUT2D eigenvalue weighted by Gasteiger charge is 2.06. The quantitative estimate of drug-likeness (QED) is 0.484. The highest BCUT2D eigenvalue weighted by atomic mass is 16.3. The molecule has 0 spiro atoms. The standard InChI is InChI=1S/C11H17N3O4/c15-6-4-2-1-3-5-12-10(17)8-7-9(16)14-11(18)13-8/h7,15H,1-6H2,(H,12,17)(H2,13,14,16,18). The summed E-state index contributed by atoms with van der Waals surface area (Å²) < 4.78 is 0. The SMILES string of the molecule is O=C(NCCCCCCO)c1cc(=O)[nH]c(=O)[nH]1. The maximum atomic E-state index is 11.6. The largest absolute Gasteiger partial charge is 0.396 e. The number of hydrogen-bond acceptors (Lipinski definition) is 4. The monoisotopic (exact) mass is 255 g/mol. The Balaban J connectivity index is 2.36. The van der Waals surface area contributed by atoms with Gasteiger partial charge in [0.2, 0.25) is 0 Å². The molecule has 1 aromatic rings. The Morgan fingerprint density at radius 3 is 2.56 bits per heavy atom. The van der Waals surface area contributed by atoms with Crippen molar-refractivity contribution in [3.8, 4) is 0 Å². The Kier molecular flexibility index (Phi) is 5.86. The summed E-state index contributed by atoms with van der Waals surface area (Å²) in [6, 6.07) is 1.04. The van der Waals surface area contributed by atoms with E-state index >= 15 is 0 Å². The molecule has 0 saturated carbocycles. The van der Waals surface area contributed by atoms with E-state index in [1.165, 1.54) is 0 Å². The Labute approximate surface area is 103 Å². The molecule has 1 amide bonds. The number of nitrogens with one attached hydrogen (secondary N) is 3. The number of H-pyrrole nitrogens is 2. The normalized spacial score (nSPS) is 10.3.